The maximum absolute atomic E-state index is 12.9. The van der Waals surface area contributed by atoms with E-state index in [1.54, 1.807) is 7.05 Å². The van der Waals surface area contributed by atoms with Crippen molar-refractivity contribution in [3.05, 3.63) is 0 Å². The highest BCUT2D eigenvalue weighted by atomic mass is 16.4. The Labute approximate surface area is 142 Å². The molecule has 8 nitrogen and oxygen atoms in total. The van der Waals surface area contributed by atoms with Crippen LogP contribution in [0.4, 0.5) is 0 Å². The van der Waals surface area contributed by atoms with Crippen LogP contribution in [0.2, 0.25) is 0 Å². The molecule has 1 saturated carbocycles. The van der Waals surface area contributed by atoms with Gasteiger partial charge in [0.05, 0.1) is 6.42 Å². The molecule has 136 valence electrons. The van der Waals surface area contributed by atoms with Crippen molar-refractivity contribution in [2.75, 3.05) is 28.2 Å². The number of aliphatic carboxylic acids is 1. The highest BCUT2D eigenvalue weighted by molar-refractivity contribution is 5.92. The molecule has 3 amide bonds. The van der Waals surface area contributed by atoms with Gasteiger partial charge in [-0.25, -0.2) is 0 Å². The smallest absolute Gasteiger partial charge is 0.305 e. The second-order valence-electron chi connectivity index (χ2n) is 6.56. The topological polar surface area (TPSA) is 98.2 Å². The van der Waals surface area contributed by atoms with Gasteiger partial charge in [-0.15, -0.1) is 0 Å². The molecule has 1 aliphatic carbocycles. The van der Waals surface area contributed by atoms with Crippen LogP contribution >= 0.6 is 0 Å². The molecule has 24 heavy (non-hydrogen) atoms. The van der Waals surface area contributed by atoms with E-state index in [0.717, 1.165) is 25.7 Å². The van der Waals surface area contributed by atoms with Gasteiger partial charge in [0, 0.05) is 28.2 Å². The van der Waals surface area contributed by atoms with Crippen LogP contribution < -0.4 is 0 Å². The van der Waals surface area contributed by atoms with Crippen molar-refractivity contribution in [2.24, 2.45) is 5.92 Å². The summed E-state index contributed by atoms with van der Waals surface area (Å²) in [5.74, 6) is -1.96. The van der Waals surface area contributed by atoms with E-state index in [0.29, 0.717) is 6.41 Å². The maximum atomic E-state index is 12.9. The van der Waals surface area contributed by atoms with E-state index in [1.807, 2.05) is 0 Å². The molecule has 0 saturated heterocycles. The van der Waals surface area contributed by atoms with Gasteiger partial charge in [0.1, 0.15) is 12.1 Å². The molecule has 0 radical (unpaired) electrons. The zero-order chi connectivity index (χ0) is 18.4. The van der Waals surface area contributed by atoms with Crippen LogP contribution in [0.25, 0.3) is 0 Å². The summed E-state index contributed by atoms with van der Waals surface area (Å²) in [5, 5.41) is 9.08. The second kappa shape index (κ2) is 8.65. The molecule has 1 N–H and O–H groups in total. The first kappa shape index (κ1) is 19.9. The lowest BCUT2D eigenvalue weighted by molar-refractivity contribution is -0.152. The van der Waals surface area contributed by atoms with Crippen LogP contribution in [-0.4, -0.2) is 84.3 Å². The van der Waals surface area contributed by atoms with Crippen molar-refractivity contribution < 1.29 is 24.3 Å². The Morgan fingerprint density at radius 3 is 2.04 bits per heavy atom. The summed E-state index contributed by atoms with van der Waals surface area (Å²) < 4.78 is 0. The van der Waals surface area contributed by atoms with Crippen molar-refractivity contribution in [3.8, 4) is 0 Å². The van der Waals surface area contributed by atoms with Gasteiger partial charge in [-0.05, 0) is 18.8 Å². The van der Waals surface area contributed by atoms with Gasteiger partial charge in [-0.3, -0.25) is 19.2 Å². The average Bonchev–Trinajstić information content (AvgIpc) is 3.04. The number of nitrogens with zero attached hydrogens (tertiary/aromatic N) is 3. The highest BCUT2D eigenvalue weighted by Gasteiger charge is 2.39. The summed E-state index contributed by atoms with van der Waals surface area (Å²) in [6.07, 6.45) is 3.82. The quantitative estimate of drug-likeness (QED) is 0.628. The second-order valence-corrected chi connectivity index (χ2v) is 6.56. The normalized spacial score (nSPS) is 17.0. The van der Waals surface area contributed by atoms with Crippen LogP contribution in [-0.2, 0) is 19.2 Å². The molecule has 0 spiro atoms. The average molecular weight is 341 g/mol. The number of carboxylic acid groups (broad SMARTS) is 1. The molecular weight excluding hydrogens is 314 g/mol. The predicted molar refractivity (Wildman–Crippen MR) is 87.1 cm³/mol. The molecule has 0 aromatic rings. The summed E-state index contributed by atoms with van der Waals surface area (Å²) in [4.78, 5) is 51.3. The third kappa shape index (κ3) is 4.69. The third-order valence-corrected chi connectivity index (χ3v) is 4.61. The Morgan fingerprint density at radius 1 is 1.08 bits per heavy atom. The standard InChI is InChI=1S/C16H27N3O5/c1-17(2)15(23)12(9-13(21)22)19(4)16(24)14(18(3)10-20)11-7-5-6-8-11/h10-12,14H,5-9H2,1-4H3,(H,21,22)/t12-,14?/m0/s1. The fourth-order valence-corrected chi connectivity index (χ4v) is 3.26. The minimum absolute atomic E-state index is 0.0371. The Morgan fingerprint density at radius 2 is 1.62 bits per heavy atom. The van der Waals surface area contributed by atoms with E-state index in [9.17, 15) is 19.2 Å². The van der Waals surface area contributed by atoms with Crippen molar-refractivity contribution >= 4 is 24.2 Å². The number of carboxylic acids is 1. The number of rotatable bonds is 8. The lowest BCUT2D eigenvalue weighted by atomic mass is 9.95. The van der Waals surface area contributed by atoms with Crippen molar-refractivity contribution in [2.45, 2.75) is 44.2 Å². The van der Waals surface area contributed by atoms with E-state index in [1.165, 1.54) is 35.8 Å². The summed E-state index contributed by atoms with van der Waals surface area (Å²) in [5.41, 5.74) is 0. The Kier molecular flexibility index (Phi) is 7.18. The Hall–Kier alpha value is -2.12. The van der Waals surface area contributed by atoms with Gasteiger partial charge in [0.15, 0.2) is 0 Å². The number of hydrogen-bond acceptors (Lipinski definition) is 4. The molecule has 1 fully saturated rings. The molecule has 0 heterocycles. The van der Waals surface area contributed by atoms with Crippen molar-refractivity contribution in [3.63, 3.8) is 0 Å². The van der Waals surface area contributed by atoms with E-state index >= 15 is 0 Å². The molecule has 1 aliphatic rings. The zero-order valence-corrected chi connectivity index (χ0v) is 14.8. The fraction of sp³-hybridized carbons (Fsp3) is 0.750. The van der Waals surface area contributed by atoms with E-state index in [-0.39, 0.29) is 5.92 Å². The molecule has 1 unspecified atom stereocenters. The van der Waals surface area contributed by atoms with Crippen LogP contribution in [0.5, 0.6) is 0 Å². The van der Waals surface area contributed by atoms with Crippen molar-refractivity contribution in [1.82, 2.24) is 14.7 Å². The lowest BCUT2D eigenvalue weighted by Crippen LogP contribution is -2.55. The molecule has 0 bridgehead atoms. The molecule has 1 rings (SSSR count). The van der Waals surface area contributed by atoms with Crippen LogP contribution in [0.3, 0.4) is 0 Å². The third-order valence-electron chi connectivity index (χ3n) is 4.61. The zero-order valence-electron chi connectivity index (χ0n) is 14.8. The summed E-state index contributed by atoms with van der Waals surface area (Å²) >= 11 is 0. The SMILES string of the molecule is CN(C)C(=O)[C@H](CC(=O)O)N(C)C(=O)C(C1CCCC1)N(C)C=O. The molecule has 8 heteroatoms. The minimum atomic E-state index is -1.16. The lowest BCUT2D eigenvalue weighted by Gasteiger charge is -2.35. The largest absolute Gasteiger partial charge is 0.481 e. The van der Waals surface area contributed by atoms with Gasteiger partial charge in [0.2, 0.25) is 18.2 Å². The molecule has 2 atom stereocenters. The van der Waals surface area contributed by atoms with Gasteiger partial charge < -0.3 is 19.8 Å². The molecule has 0 aromatic heterocycles. The van der Waals surface area contributed by atoms with Crippen LogP contribution in [0, 0.1) is 5.92 Å². The fourth-order valence-electron chi connectivity index (χ4n) is 3.26. The van der Waals surface area contributed by atoms with Gasteiger partial charge in [0.25, 0.3) is 0 Å². The molecule has 0 aliphatic heterocycles. The van der Waals surface area contributed by atoms with Gasteiger partial charge in [-0.2, -0.15) is 0 Å². The van der Waals surface area contributed by atoms with Gasteiger partial charge in [-0.1, -0.05) is 12.8 Å². The summed E-state index contributed by atoms with van der Waals surface area (Å²) in [6.45, 7) is 0. The van der Waals surface area contributed by atoms with E-state index in [4.69, 9.17) is 5.11 Å². The monoisotopic (exact) mass is 341 g/mol. The number of carbonyl (C=O) groups is 4. The Balaban J connectivity index is 3.05. The molecular formula is C16H27N3O5. The summed E-state index contributed by atoms with van der Waals surface area (Å²) in [6, 6.07) is -1.75. The van der Waals surface area contributed by atoms with Crippen LogP contribution in [0.1, 0.15) is 32.1 Å². The highest BCUT2D eigenvalue weighted by Crippen LogP contribution is 2.31. The number of carbonyl (C=O) groups excluding carboxylic acids is 3. The van der Waals surface area contributed by atoms with E-state index < -0.39 is 36.3 Å². The first-order chi connectivity index (χ1) is 11.2. The van der Waals surface area contributed by atoms with E-state index in [2.05, 4.69) is 0 Å². The number of amides is 3. The molecule has 0 aromatic carbocycles. The number of hydrogen-bond donors (Lipinski definition) is 1. The predicted octanol–water partition coefficient (Wildman–Crippen LogP) is 0.0233. The van der Waals surface area contributed by atoms with Crippen molar-refractivity contribution in [1.29, 1.82) is 0 Å². The van der Waals surface area contributed by atoms with Crippen LogP contribution in [0.15, 0.2) is 0 Å². The maximum Gasteiger partial charge on any atom is 0.305 e. The minimum Gasteiger partial charge on any atom is -0.481 e. The van der Waals surface area contributed by atoms with Gasteiger partial charge >= 0.3 is 5.97 Å². The Bertz CT molecular complexity index is 488. The first-order valence-electron chi connectivity index (χ1n) is 8.07. The first-order valence-corrected chi connectivity index (χ1v) is 8.07. The summed E-state index contributed by atoms with van der Waals surface area (Å²) in [7, 11) is 6.00. The number of likely N-dealkylation sites (N-methyl/N-ethyl adjacent to an activating group) is 3.